The van der Waals surface area contributed by atoms with Crippen LogP contribution < -0.4 is 0 Å². The van der Waals surface area contributed by atoms with Gasteiger partial charge in [0.25, 0.3) is 0 Å². The number of fused-ring (bicyclic) bond motifs is 6. The van der Waals surface area contributed by atoms with E-state index in [1.807, 2.05) is 24.3 Å². The Bertz CT molecular complexity index is 3160. The number of hydrogen-bond donors (Lipinski definition) is 0. The van der Waals surface area contributed by atoms with Crippen LogP contribution in [0.5, 0.6) is 0 Å². The first kappa shape index (κ1) is 31.9. The van der Waals surface area contributed by atoms with Gasteiger partial charge in [-0.25, -0.2) is 9.97 Å². The summed E-state index contributed by atoms with van der Waals surface area (Å²) in [6.45, 7) is 0. The zero-order chi connectivity index (χ0) is 37.0. The zero-order valence-corrected chi connectivity index (χ0v) is 30.4. The molecule has 8 aromatic carbocycles. The third kappa shape index (κ3) is 5.15. The fourth-order valence-electron chi connectivity index (χ4n) is 8.47. The Morgan fingerprint density at radius 3 is 1.55 bits per heavy atom. The first-order valence-corrected chi connectivity index (χ1v) is 19.0. The molecule has 0 aliphatic rings. The van der Waals surface area contributed by atoms with E-state index in [4.69, 9.17) is 9.97 Å². The molecular formula is C52H34N4. The van der Waals surface area contributed by atoms with Gasteiger partial charge >= 0.3 is 0 Å². The minimum atomic E-state index is 0.691. The van der Waals surface area contributed by atoms with Crippen molar-refractivity contribution in [2.75, 3.05) is 0 Å². The van der Waals surface area contributed by atoms with Crippen LogP contribution in [-0.4, -0.2) is 19.1 Å². The van der Waals surface area contributed by atoms with E-state index in [-0.39, 0.29) is 0 Å². The summed E-state index contributed by atoms with van der Waals surface area (Å²) in [7, 11) is 0. The number of para-hydroxylation sites is 4. The third-order valence-electron chi connectivity index (χ3n) is 10.9. The molecule has 3 heterocycles. The molecule has 0 saturated carbocycles. The quantitative estimate of drug-likeness (QED) is 0.172. The molecule has 0 saturated heterocycles. The summed E-state index contributed by atoms with van der Waals surface area (Å²) in [5, 5.41) is 4.80. The van der Waals surface area contributed by atoms with Crippen LogP contribution in [0.3, 0.4) is 0 Å². The smallest absolute Gasteiger partial charge is 0.160 e. The van der Waals surface area contributed by atoms with Gasteiger partial charge in [0.2, 0.25) is 0 Å². The molecule has 11 aromatic rings. The number of aromatic nitrogens is 4. The van der Waals surface area contributed by atoms with Crippen LogP contribution in [0, 0.1) is 0 Å². The molecule has 0 spiro atoms. The second kappa shape index (κ2) is 13.1. The molecule has 0 bridgehead atoms. The molecule has 0 N–H and O–H groups in total. The second-order valence-corrected chi connectivity index (χ2v) is 14.2. The van der Waals surface area contributed by atoms with E-state index in [1.54, 1.807) is 0 Å². The van der Waals surface area contributed by atoms with Crippen molar-refractivity contribution in [3.05, 3.63) is 206 Å². The Balaban J connectivity index is 1.28. The van der Waals surface area contributed by atoms with Crippen LogP contribution in [0.25, 0.3) is 100 Å². The highest BCUT2D eigenvalue weighted by Crippen LogP contribution is 2.45. The fraction of sp³-hybridized carbons (Fsp3) is 0. The van der Waals surface area contributed by atoms with E-state index in [1.165, 1.54) is 38.1 Å². The van der Waals surface area contributed by atoms with Gasteiger partial charge in [-0.1, -0.05) is 146 Å². The van der Waals surface area contributed by atoms with E-state index in [9.17, 15) is 0 Å². The second-order valence-electron chi connectivity index (χ2n) is 14.2. The number of rotatable bonds is 6. The number of hydrogen-bond acceptors (Lipinski definition) is 2. The molecule has 0 aliphatic heterocycles. The molecule has 3 aromatic heterocycles. The first-order chi connectivity index (χ1) is 27.8. The average molecular weight is 715 g/mol. The van der Waals surface area contributed by atoms with Crippen molar-refractivity contribution in [2.24, 2.45) is 0 Å². The zero-order valence-electron chi connectivity index (χ0n) is 30.4. The van der Waals surface area contributed by atoms with Gasteiger partial charge in [0.15, 0.2) is 5.82 Å². The van der Waals surface area contributed by atoms with Crippen molar-refractivity contribution >= 4 is 43.6 Å². The van der Waals surface area contributed by atoms with Crippen LogP contribution in [0.15, 0.2) is 206 Å². The van der Waals surface area contributed by atoms with Crippen molar-refractivity contribution < 1.29 is 0 Å². The summed E-state index contributed by atoms with van der Waals surface area (Å²) >= 11 is 0. The van der Waals surface area contributed by atoms with Crippen molar-refractivity contribution in [3.63, 3.8) is 0 Å². The van der Waals surface area contributed by atoms with Crippen LogP contribution in [0.1, 0.15) is 0 Å². The van der Waals surface area contributed by atoms with Gasteiger partial charge in [0.05, 0.1) is 33.5 Å². The van der Waals surface area contributed by atoms with Crippen LogP contribution in [-0.2, 0) is 0 Å². The van der Waals surface area contributed by atoms with Crippen molar-refractivity contribution in [1.29, 1.82) is 0 Å². The predicted octanol–water partition coefficient (Wildman–Crippen LogP) is 13.3. The lowest BCUT2D eigenvalue weighted by Gasteiger charge is -2.15. The minimum absolute atomic E-state index is 0.691. The molecule has 56 heavy (non-hydrogen) atoms. The Hall–Kier alpha value is -7.56. The number of nitrogens with zero attached hydrogens (tertiary/aromatic N) is 4. The monoisotopic (exact) mass is 714 g/mol. The minimum Gasteiger partial charge on any atom is -0.309 e. The van der Waals surface area contributed by atoms with E-state index >= 15 is 0 Å². The standard InChI is InChI=1S/C52H34N4/c1-5-18-35(19-6-1)45-34-46(54-52(53-45)36-20-7-2-8-21-36)44-33-37(32-43-41-26-13-15-29-47(41)56(51(43)44)39-24-11-4-12-25-39)40-28-17-31-49-50(40)42-27-14-16-30-48(42)55(49)38-22-9-3-10-23-38/h1-34H. The van der Waals surface area contributed by atoms with Crippen LogP contribution in [0.4, 0.5) is 0 Å². The largest absolute Gasteiger partial charge is 0.309 e. The molecule has 0 radical (unpaired) electrons. The molecule has 11 rings (SSSR count). The summed E-state index contributed by atoms with van der Waals surface area (Å²) in [4.78, 5) is 10.6. The lowest BCUT2D eigenvalue weighted by atomic mass is 9.94. The van der Waals surface area contributed by atoms with Gasteiger partial charge in [0, 0.05) is 49.6 Å². The van der Waals surface area contributed by atoms with Gasteiger partial charge < -0.3 is 9.13 Å². The van der Waals surface area contributed by atoms with Crippen LogP contribution >= 0.6 is 0 Å². The Kier molecular flexibility index (Phi) is 7.46. The maximum absolute atomic E-state index is 5.42. The maximum atomic E-state index is 5.42. The van der Waals surface area contributed by atoms with Gasteiger partial charge in [-0.15, -0.1) is 0 Å². The van der Waals surface area contributed by atoms with Crippen molar-refractivity contribution in [3.8, 4) is 56.4 Å². The highest BCUT2D eigenvalue weighted by molar-refractivity contribution is 6.19. The Morgan fingerprint density at radius 2 is 0.857 bits per heavy atom. The third-order valence-corrected chi connectivity index (χ3v) is 10.9. The molecule has 4 heteroatoms. The molecule has 262 valence electrons. The predicted molar refractivity (Wildman–Crippen MR) is 232 cm³/mol. The lowest BCUT2D eigenvalue weighted by molar-refractivity contribution is 1.16. The lowest BCUT2D eigenvalue weighted by Crippen LogP contribution is -1.99. The van der Waals surface area contributed by atoms with E-state index in [2.05, 4.69) is 191 Å². The maximum Gasteiger partial charge on any atom is 0.160 e. The fourth-order valence-corrected chi connectivity index (χ4v) is 8.47. The summed E-state index contributed by atoms with van der Waals surface area (Å²) < 4.78 is 4.79. The normalized spacial score (nSPS) is 11.6. The van der Waals surface area contributed by atoms with E-state index < -0.39 is 0 Å². The average Bonchev–Trinajstić information content (AvgIpc) is 3.80. The van der Waals surface area contributed by atoms with Crippen LogP contribution in [0.2, 0.25) is 0 Å². The molecular weight excluding hydrogens is 681 g/mol. The molecule has 0 unspecified atom stereocenters. The van der Waals surface area contributed by atoms with E-state index in [0.717, 1.165) is 56.0 Å². The highest BCUT2D eigenvalue weighted by Gasteiger charge is 2.23. The molecule has 0 aliphatic carbocycles. The first-order valence-electron chi connectivity index (χ1n) is 19.0. The SMILES string of the molecule is c1ccc(-c2cc(-c3cc(-c4cccc5c4c4ccccc4n5-c4ccccc4)cc4c5ccccc5n(-c5ccccc5)c34)nc(-c3ccccc3)n2)cc1. The van der Waals surface area contributed by atoms with Crippen molar-refractivity contribution in [2.45, 2.75) is 0 Å². The Morgan fingerprint density at radius 1 is 0.321 bits per heavy atom. The van der Waals surface area contributed by atoms with Gasteiger partial charge in [0.1, 0.15) is 0 Å². The van der Waals surface area contributed by atoms with Crippen molar-refractivity contribution in [1.82, 2.24) is 19.1 Å². The van der Waals surface area contributed by atoms with Gasteiger partial charge in [-0.2, -0.15) is 0 Å². The van der Waals surface area contributed by atoms with Gasteiger partial charge in [-0.3, -0.25) is 0 Å². The van der Waals surface area contributed by atoms with E-state index in [0.29, 0.717) is 5.82 Å². The number of benzene rings is 8. The summed E-state index contributed by atoms with van der Waals surface area (Å²) in [5.74, 6) is 0.691. The molecule has 0 atom stereocenters. The summed E-state index contributed by atoms with van der Waals surface area (Å²) in [6.07, 6.45) is 0. The molecule has 0 amide bonds. The molecule has 4 nitrogen and oxygen atoms in total. The summed E-state index contributed by atoms with van der Waals surface area (Å²) in [6, 6.07) is 73.2. The topological polar surface area (TPSA) is 35.6 Å². The highest BCUT2D eigenvalue weighted by atomic mass is 15.0. The summed E-state index contributed by atoms with van der Waals surface area (Å²) in [5.41, 5.74) is 13.9. The van der Waals surface area contributed by atoms with Gasteiger partial charge in [-0.05, 0) is 71.8 Å². The molecule has 0 fully saturated rings. The Labute approximate surface area is 324 Å².